The number of alkyl halides is 3. The summed E-state index contributed by atoms with van der Waals surface area (Å²) in [7, 11) is 0. The highest BCUT2D eigenvalue weighted by atomic mass is 19.4. The van der Waals surface area contributed by atoms with E-state index in [9.17, 15) is 28.1 Å². The second kappa shape index (κ2) is 4.74. The summed E-state index contributed by atoms with van der Waals surface area (Å²) < 4.78 is 39.0. The standard InChI is InChI=1S/C8H4F3N3O4/c9-8(10,11)18-5-3-13-4(1-2-12)6(7(5)15)14(16)17/h3H,1H2,(H,13,15). The van der Waals surface area contributed by atoms with Crippen molar-refractivity contribution in [3.63, 3.8) is 0 Å². The first kappa shape index (κ1) is 13.5. The maximum absolute atomic E-state index is 11.9. The molecule has 0 aliphatic rings. The molecule has 0 bridgehead atoms. The predicted octanol–water partition coefficient (Wildman–Crippen LogP) is 1.25. The van der Waals surface area contributed by atoms with Gasteiger partial charge in [0.05, 0.1) is 17.4 Å². The molecule has 0 aromatic carbocycles. The molecule has 1 aromatic heterocycles. The molecule has 0 aliphatic carbocycles. The molecule has 0 unspecified atom stereocenters. The Morgan fingerprint density at radius 1 is 1.56 bits per heavy atom. The zero-order valence-electron chi connectivity index (χ0n) is 8.45. The first-order valence-electron chi connectivity index (χ1n) is 4.28. The van der Waals surface area contributed by atoms with Crippen molar-refractivity contribution in [2.75, 3.05) is 0 Å². The number of nitrogens with zero attached hydrogens (tertiary/aromatic N) is 2. The van der Waals surface area contributed by atoms with Gasteiger partial charge < -0.3 is 9.72 Å². The van der Waals surface area contributed by atoms with Crippen LogP contribution in [0.25, 0.3) is 0 Å². The van der Waals surface area contributed by atoms with Gasteiger partial charge in [-0.3, -0.25) is 14.9 Å². The highest BCUT2D eigenvalue weighted by Gasteiger charge is 2.34. The van der Waals surface area contributed by atoms with Crippen molar-refractivity contribution in [1.82, 2.24) is 4.98 Å². The second-order valence-electron chi connectivity index (χ2n) is 2.95. The molecule has 96 valence electrons. The van der Waals surface area contributed by atoms with Gasteiger partial charge in [0.25, 0.3) is 0 Å². The number of aromatic amines is 1. The zero-order valence-corrected chi connectivity index (χ0v) is 8.45. The molecule has 0 saturated carbocycles. The van der Waals surface area contributed by atoms with E-state index < -0.39 is 34.6 Å². The van der Waals surface area contributed by atoms with Crippen molar-refractivity contribution in [3.8, 4) is 11.8 Å². The fraction of sp³-hybridized carbons (Fsp3) is 0.250. The topological polar surface area (TPSA) is 109 Å². The van der Waals surface area contributed by atoms with Crippen LogP contribution in [0.15, 0.2) is 11.0 Å². The second-order valence-corrected chi connectivity index (χ2v) is 2.95. The number of nitriles is 1. The third-order valence-corrected chi connectivity index (χ3v) is 1.77. The number of nitro groups is 1. The van der Waals surface area contributed by atoms with Gasteiger partial charge >= 0.3 is 17.5 Å². The Morgan fingerprint density at radius 2 is 2.17 bits per heavy atom. The Labute approximate surface area is 96.6 Å². The van der Waals surface area contributed by atoms with E-state index in [0.29, 0.717) is 6.20 Å². The molecule has 1 N–H and O–H groups in total. The number of aromatic nitrogens is 1. The number of hydrogen-bond acceptors (Lipinski definition) is 5. The summed E-state index contributed by atoms with van der Waals surface area (Å²) in [5, 5.41) is 18.9. The van der Waals surface area contributed by atoms with Crippen LogP contribution in [0.4, 0.5) is 18.9 Å². The predicted molar refractivity (Wildman–Crippen MR) is 49.7 cm³/mol. The average molecular weight is 263 g/mol. The lowest BCUT2D eigenvalue weighted by Crippen LogP contribution is -2.23. The van der Waals surface area contributed by atoms with E-state index in [2.05, 4.69) is 9.72 Å². The number of pyridine rings is 1. The smallest absolute Gasteiger partial charge is 0.400 e. The summed E-state index contributed by atoms with van der Waals surface area (Å²) in [4.78, 5) is 22.9. The van der Waals surface area contributed by atoms with Gasteiger partial charge in [0.2, 0.25) is 0 Å². The lowest BCUT2D eigenvalue weighted by atomic mass is 10.2. The molecular formula is C8H4F3N3O4. The minimum Gasteiger partial charge on any atom is -0.400 e. The number of ether oxygens (including phenoxy) is 1. The summed E-state index contributed by atoms with van der Waals surface area (Å²) in [5.74, 6) is -1.25. The van der Waals surface area contributed by atoms with Crippen LogP contribution in [0.2, 0.25) is 0 Å². The summed E-state index contributed by atoms with van der Waals surface area (Å²) in [6, 6.07) is 1.54. The van der Waals surface area contributed by atoms with Crippen molar-refractivity contribution in [1.29, 1.82) is 5.26 Å². The fourth-order valence-electron chi connectivity index (χ4n) is 1.15. The average Bonchev–Trinajstić information content (AvgIpc) is 2.20. The van der Waals surface area contributed by atoms with Crippen molar-refractivity contribution in [2.45, 2.75) is 12.8 Å². The summed E-state index contributed by atoms with van der Waals surface area (Å²) in [6.07, 6.45) is -5.13. The summed E-state index contributed by atoms with van der Waals surface area (Å²) in [5.41, 5.74) is -3.07. The minimum atomic E-state index is -5.14. The van der Waals surface area contributed by atoms with E-state index in [0.717, 1.165) is 0 Å². The van der Waals surface area contributed by atoms with E-state index in [1.807, 2.05) is 0 Å². The third kappa shape index (κ3) is 2.97. The summed E-state index contributed by atoms with van der Waals surface area (Å²) >= 11 is 0. The van der Waals surface area contributed by atoms with Crippen LogP contribution in [-0.4, -0.2) is 16.3 Å². The molecule has 1 heterocycles. The quantitative estimate of drug-likeness (QED) is 0.651. The molecule has 0 atom stereocenters. The van der Waals surface area contributed by atoms with Crippen LogP contribution in [0.3, 0.4) is 0 Å². The largest absolute Gasteiger partial charge is 0.573 e. The van der Waals surface area contributed by atoms with Gasteiger partial charge in [0.15, 0.2) is 5.75 Å². The highest BCUT2D eigenvalue weighted by molar-refractivity contribution is 5.42. The fourth-order valence-corrected chi connectivity index (χ4v) is 1.15. The van der Waals surface area contributed by atoms with Crippen LogP contribution in [0.1, 0.15) is 5.69 Å². The molecule has 0 spiro atoms. The van der Waals surface area contributed by atoms with E-state index in [4.69, 9.17) is 5.26 Å². The number of hydrogen-bond donors (Lipinski definition) is 1. The summed E-state index contributed by atoms with van der Waals surface area (Å²) in [6.45, 7) is 0. The third-order valence-electron chi connectivity index (χ3n) is 1.77. The first-order valence-corrected chi connectivity index (χ1v) is 4.28. The van der Waals surface area contributed by atoms with Crippen LogP contribution in [0, 0.1) is 21.4 Å². The molecule has 18 heavy (non-hydrogen) atoms. The molecule has 0 aliphatic heterocycles. The van der Waals surface area contributed by atoms with Crippen LogP contribution >= 0.6 is 0 Å². The maximum atomic E-state index is 11.9. The Morgan fingerprint density at radius 3 is 2.61 bits per heavy atom. The number of rotatable bonds is 3. The Bertz CT molecular complexity index is 572. The van der Waals surface area contributed by atoms with Crippen LogP contribution < -0.4 is 10.2 Å². The van der Waals surface area contributed by atoms with Crippen LogP contribution in [0.5, 0.6) is 5.75 Å². The van der Waals surface area contributed by atoms with Gasteiger partial charge in [-0.25, -0.2) is 0 Å². The molecule has 0 saturated heterocycles. The molecule has 0 amide bonds. The Hall–Kier alpha value is -2.57. The van der Waals surface area contributed by atoms with Gasteiger partial charge in [-0.15, -0.1) is 13.2 Å². The maximum Gasteiger partial charge on any atom is 0.573 e. The molecule has 1 rings (SSSR count). The monoisotopic (exact) mass is 263 g/mol. The lowest BCUT2D eigenvalue weighted by Gasteiger charge is -2.08. The lowest BCUT2D eigenvalue weighted by molar-refractivity contribution is -0.387. The van der Waals surface area contributed by atoms with Crippen molar-refractivity contribution in [2.24, 2.45) is 0 Å². The van der Waals surface area contributed by atoms with Crippen molar-refractivity contribution >= 4 is 5.69 Å². The molecule has 0 fully saturated rings. The number of halogens is 3. The van der Waals surface area contributed by atoms with E-state index in [1.165, 1.54) is 6.07 Å². The SMILES string of the molecule is N#CCc1[nH]cc(OC(F)(F)F)c(=O)c1[N+](=O)[O-]. The van der Waals surface area contributed by atoms with Gasteiger partial charge in [-0.2, -0.15) is 5.26 Å². The van der Waals surface area contributed by atoms with E-state index in [-0.39, 0.29) is 5.69 Å². The van der Waals surface area contributed by atoms with Gasteiger partial charge in [0.1, 0.15) is 5.69 Å². The van der Waals surface area contributed by atoms with Crippen LogP contribution in [-0.2, 0) is 6.42 Å². The van der Waals surface area contributed by atoms with Gasteiger partial charge in [-0.05, 0) is 0 Å². The first-order chi connectivity index (χ1) is 8.26. The molecule has 0 radical (unpaired) electrons. The Balaban J connectivity index is 3.36. The van der Waals surface area contributed by atoms with Crippen molar-refractivity contribution < 1.29 is 22.8 Å². The normalized spacial score (nSPS) is 10.8. The number of H-pyrrole nitrogens is 1. The van der Waals surface area contributed by atoms with Gasteiger partial charge in [0, 0.05) is 6.20 Å². The number of nitrogens with one attached hydrogen (secondary N) is 1. The minimum absolute atomic E-state index is 0.387. The zero-order chi connectivity index (χ0) is 13.9. The highest BCUT2D eigenvalue weighted by Crippen LogP contribution is 2.22. The van der Waals surface area contributed by atoms with E-state index in [1.54, 1.807) is 0 Å². The molecular weight excluding hydrogens is 259 g/mol. The van der Waals surface area contributed by atoms with Crippen molar-refractivity contribution in [3.05, 3.63) is 32.2 Å². The Kier molecular flexibility index (Phi) is 3.55. The molecule has 7 nitrogen and oxygen atoms in total. The molecule has 1 aromatic rings. The van der Waals surface area contributed by atoms with Gasteiger partial charge in [-0.1, -0.05) is 0 Å². The van der Waals surface area contributed by atoms with E-state index >= 15 is 0 Å². The molecule has 10 heteroatoms.